The zero-order valence-electron chi connectivity index (χ0n) is 17.9. The molecule has 0 bridgehead atoms. The largest absolute Gasteiger partial charge is 0.364 e. The van der Waals surface area contributed by atoms with Crippen LogP contribution in [-0.2, 0) is 0 Å². The van der Waals surface area contributed by atoms with E-state index in [9.17, 15) is 9.59 Å². The summed E-state index contributed by atoms with van der Waals surface area (Å²) in [5.41, 5.74) is 7.05. The molecular weight excluding hydrogens is 404 g/mol. The molecule has 32 heavy (non-hydrogen) atoms. The Morgan fingerprint density at radius 1 is 1.09 bits per heavy atom. The van der Waals surface area contributed by atoms with Crippen LogP contribution in [0.4, 0.5) is 17.3 Å². The number of nitrogens with two attached hydrogens (primary N) is 1. The van der Waals surface area contributed by atoms with Crippen LogP contribution in [0.1, 0.15) is 33.7 Å². The minimum Gasteiger partial charge on any atom is -0.364 e. The summed E-state index contributed by atoms with van der Waals surface area (Å²) < 4.78 is 0. The van der Waals surface area contributed by atoms with E-state index in [4.69, 9.17) is 5.73 Å². The van der Waals surface area contributed by atoms with Gasteiger partial charge in [0.15, 0.2) is 11.5 Å². The molecule has 1 aliphatic rings. The molecule has 1 fully saturated rings. The van der Waals surface area contributed by atoms with E-state index in [0.29, 0.717) is 23.7 Å². The lowest BCUT2D eigenvalue weighted by Crippen LogP contribution is -2.49. The number of carbonyl (C=O) groups is 2. The lowest BCUT2D eigenvalue weighted by molar-refractivity contribution is 0.0717. The first-order valence-corrected chi connectivity index (χ1v) is 10.6. The van der Waals surface area contributed by atoms with Gasteiger partial charge in [-0.15, -0.1) is 0 Å². The van der Waals surface area contributed by atoms with E-state index >= 15 is 0 Å². The van der Waals surface area contributed by atoms with Crippen molar-refractivity contribution in [1.82, 2.24) is 14.9 Å². The number of amides is 2. The highest BCUT2D eigenvalue weighted by Gasteiger charge is 2.28. The van der Waals surface area contributed by atoms with E-state index in [1.165, 1.54) is 0 Å². The van der Waals surface area contributed by atoms with Crippen molar-refractivity contribution in [2.45, 2.75) is 18.9 Å². The first-order valence-electron chi connectivity index (χ1n) is 10.6. The van der Waals surface area contributed by atoms with Gasteiger partial charge in [0.1, 0.15) is 5.82 Å². The summed E-state index contributed by atoms with van der Waals surface area (Å²) >= 11 is 0. The van der Waals surface area contributed by atoms with Crippen molar-refractivity contribution in [2.24, 2.45) is 5.73 Å². The Morgan fingerprint density at radius 3 is 2.47 bits per heavy atom. The second-order valence-corrected chi connectivity index (χ2v) is 7.80. The first kappa shape index (κ1) is 21.3. The molecule has 0 radical (unpaired) electrons. The van der Waals surface area contributed by atoms with E-state index in [1.54, 1.807) is 11.1 Å². The van der Waals surface area contributed by atoms with Gasteiger partial charge in [0.05, 0.1) is 6.20 Å². The number of nitrogens with zero attached hydrogens (tertiary/aromatic N) is 4. The van der Waals surface area contributed by atoms with Gasteiger partial charge in [-0.05, 0) is 37.1 Å². The summed E-state index contributed by atoms with van der Waals surface area (Å²) in [6, 6.07) is 18.8. The van der Waals surface area contributed by atoms with Crippen molar-refractivity contribution in [3.8, 4) is 0 Å². The van der Waals surface area contributed by atoms with Crippen LogP contribution in [0.5, 0.6) is 0 Å². The van der Waals surface area contributed by atoms with E-state index < -0.39 is 5.91 Å². The number of piperidine rings is 1. The molecule has 1 atom stereocenters. The van der Waals surface area contributed by atoms with Crippen LogP contribution in [0.15, 0.2) is 66.9 Å². The molecule has 1 unspecified atom stereocenters. The molecule has 1 aromatic heterocycles. The van der Waals surface area contributed by atoms with Crippen LogP contribution in [-0.4, -0.2) is 52.9 Å². The van der Waals surface area contributed by atoms with Crippen molar-refractivity contribution in [2.75, 3.05) is 30.4 Å². The molecule has 2 amide bonds. The standard InChI is InChI=1S/C24H26N6O2/c1-29(24(32)17-9-4-2-5-10-17)19-13-8-14-30(16-19)20-15-26-21(22(25)31)23(28-20)27-18-11-6-3-7-12-18/h2-7,9-12,15,19H,8,13-14,16H2,1H3,(H2,25,31)(H,27,28). The number of benzene rings is 2. The van der Waals surface area contributed by atoms with E-state index in [0.717, 1.165) is 25.1 Å². The molecule has 3 aromatic rings. The molecule has 0 spiro atoms. The number of primary amides is 1. The molecule has 2 aromatic carbocycles. The third-order valence-electron chi connectivity index (χ3n) is 5.64. The maximum atomic E-state index is 12.9. The molecule has 1 saturated heterocycles. The summed E-state index contributed by atoms with van der Waals surface area (Å²) in [5.74, 6) is 0.307. The number of nitrogens with one attached hydrogen (secondary N) is 1. The Kier molecular flexibility index (Phi) is 6.30. The SMILES string of the molecule is CN(C(=O)c1ccccc1)C1CCCN(c2cnc(C(N)=O)c(Nc3ccccc3)n2)C1. The number of para-hydroxylation sites is 1. The van der Waals surface area contributed by atoms with Crippen LogP contribution in [0.3, 0.4) is 0 Å². The normalized spacial score (nSPS) is 15.8. The number of hydrogen-bond acceptors (Lipinski definition) is 6. The Labute approximate surface area is 187 Å². The third-order valence-corrected chi connectivity index (χ3v) is 5.64. The number of likely N-dealkylation sites (N-methyl/N-ethyl adjacent to an activating group) is 1. The Morgan fingerprint density at radius 2 is 1.78 bits per heavy atom. The van der Waals surface area contributed by atoms with Crippen LogP contribution >= 0.6 is 0 Å². The van der Waals surface area contributed by atoms with Gasteiger partial charge in [-0.2, -0.15) is 0 Å². The Bertz CT molecular complexity index is 1090. The Balaban J connectivity index is 1.54. The first-order chi connectivity index (χ1) is 15.5. The molecule has 164 valence electrons. The highest BCUT2D eigenvalue weighted by molar-refractivity contribution is 5.96. The van der Waals surface area contributed by atoms with Gasteiger partial charge >= 0.3 is 0 Å². The van der Waals surface area contributed by atoms with Gasteiger partial charge in [0, 0.05) is 37.4 Å². The van der Waals surface area contributed by atoms with Crippen LogP contribution < -0.4 is 16.0 Å². The minimum absolute atomic E-state index is 0.000885. The highest BCUT2D eigenvalue weighted by atomic mass is 16.2. The second-order valence-electron chi connectivity index (χ2n) is 7.80. The van der Waals surface area contributed by atoms with Crippen LogP contribution in [0, 0.1) is 0 Å². The van der Waals surface area contributed by atoms with Gasteiger partial charge in [-0.3, -0.25) is 9.59 Å². The maximum Gasteiger partial charge on any atom is 0.271 e. The molecule has 0 aliphatic carbocycles. The average molecular weight is 431 g/mol. The Hall–Kier alpha value is -3.94. The predicted octanol–water partition coefficient (Wildman–Crippen LogP) is 3.06. The number of rotatable bonds is 6. The molecular formula is C24H26N6O2. The smallest absolute Gasteiger partial charge is 0.271 e. The molecule has 4 rings (SSSR count). The van der Waals surface area contributed by atoms with E-state index in [-0.39, 0.29) is 17.6 Å². The molecule has 0 saturated carbocycles. The summed E-state index contributed by atoms with van der Waals surface area (Å²) in [7, 11) is 1.84. The molecule has 8 heteroatoms. The van der Waals surface area contributed by atoms with Crippen molar-refractivity contribution in [3.05, 3.63) is 78.1 Å². The topological polar surface area (TPSA) is 104 Å². The molecule has 8 nitrogen and oxygen atoms in total. The quantitative estimate of drug-likeness (QED) is 0.623. The van der Waals surface area contributed by atoms with Crippen molar-refractivity contribution >= 4 is 29.1 Å². The molecule has 1 aliphatic heterocycles. The minimum atomic E-state index is -0.646. The van der Waals surface area contributed by atoms with Gasteiger partial charge in [0.2, 0.25) is 0 Å². The summed E-state index contributed by atoms with van der Waals surface area (Å²) in [6.07, 6.45) is 3.39. The lowest BCUT2D eigenvalue weighted by atomic mass is 10.0. The number of aromatic nitrogens is 2. The monoisotopic (exact) mass is 430 g/mol. The lowest BCUT2D eigenvalue weighted by Gasteiger charge is -2.38. The number of anilines is 3. The second kappa shape index (κ2) is 9.47. The van der Waals surface area contributed by atoms with Crippen LogP contribution in [0.2, 0.25) is 0 Å². The van der Waals surface area contributed by atoms with E-state index in [1.807, 2.05) is 67.7 Å². The number of carbonyl (C=O) groups excluding carboxylic acids is 2. The zero-order chi connectivity index (χ0) is 22.5. The average Bonchev–Trinajstić information content (AvgIpc) is 2.84. The van der Waals surface area contributed by atoms with Crippen molar-refractivity contribution < 1.29 is 9.59 Å². The van der Waals surface area contributed by atoms with E-state index in [2.05, 4.69) is 20.2 Å². The fraction of sp³-hybridized carbons (Fsp3) is 0.250. The molecule has 2 heterocycles. The van der Waals surface area contributed by atoms with Crippen molar-refractivity contribution in [3.63, 3.8) is 0 Å². The van der Waals surface area contributed by atoms with Gasteiger partial charge in [-0.1, -0.05) is 36.4 Å². The zero-order valence-corrected chi connectivity index (χ0v) is 17.9. The predicted molar refractivity (Wildman–Crippen MR) is 124 cm³/mol. The fourth-order valence-electron chi connectivity index (χ4n) is 3.89. The van der Waals surface area contributed by atoms with Crippen molar-refractivity contribution in [1.29, 1.82) is 0 Å². The summed E-state index contributed by atoms with van der Waals surface area (Å²) in [4.78, 5) is 37.6. The van der Waals surface area contributed by atoms with Gasteiger partial charge < -0.3 is 20.9 Å². The van der Waals surface area contributed by atoms with Crippen LogP contribution in [0.25, 0.3) is 0 Å². The third kappa shape index (κ3) is 4.69. The van der Waals surface area contributed by atoms with Gasteiger partial charge in [0.25, 0.3) is 11.8 Å². The summed E-state index contributed by atoms with van der Waals surface area (Å²) in [6.45, 7) is 1.42. The maximum absolute atomic E-state index is 12.9. The molecule has 3 N–H and O–H groups in total. The number of hydrogen-bond donors (Lipinski definition) is 2. The fourth-order valence-corrected chi connectivity index (χ4v) is 3.89. The highest BCUT2D eigenvalue weighted by Crippen LogP contribution is 2.25. The summed E-state index contributed by atoms with van der Waals surface area (Å²) in [5, 5.41) is 3.14. The van der Waals surface area contributed by atoms with Gasteiger partial charge in [-0.25, -0.2) is 9.97 Å².